The monoisotopic (exact) mass is 278 g/mol. The van der Waals surface area contributed by atoms with E-state index < -0.39 is 18.0 Å². The maximum atomic E-state index is 11.8. The summed E-state index contributed by atoms with van der Waals surface area (Å²) in [7, 11) is 3.37. The highest BCUT2D eigenvalue weighted by Gasteiger charge is 2.23. The second-order valence-electron chi connectivity index (χ2n) is 4.19. The fraction of sp³-hybridized carbons (Fsp3) is 0.273. The van der Waals surface area contributed by atoms with Gasteiger partial charge in [0.15, 0.2) is 11.9 Å². The van der Waals surface area contributed by atoms with E-state index in [1.165, 1.54) is 21.8 Å². The summed E-state index contributed by atoms with van der Waals surface area (Å²) in [6, 6.07) is -0.230. The standard InChI is InChI=1S/C11H14N6O3/c1-16-4-3-8(15-16)13-11(20)14-9(10(18)19)7-5-12-17(2)6-7/h3-6,9H,1-2H3,(H,18,19)(H2,13,14,15,20). The Morgan fingerprint density at radius 1 is 1.35 bits per heavy atom. The van der Waals surface area contributed by atoms with Gasteiger partial charge in [0, 0.05) is 38.1 Å². The number of carbonyl (C=O) groups excluding carboxylic acids is 1. The SMILES string of the molecule is Cn1cc(C(NC(=O)Nc2ccn(C)n2)C(=O)O)cn1. The van der Waals surface area contributed by atoms with Crippen LogP contribution in [0, 0.1) is 0 Å². The molecule has 9 nitrogen and oxygen atoms in total. The van der Waals surface area contributed by atoms with E-state index in [4.69, 9.17) is 5.11 Å². The number of hydrogen-bond donors (Lipinski definition) is 3. The summed E-state index contributed by atoms with van der Waals surface area (Å²) < 4.78 is 2.98. The summed E-state index contributed by atoms with van der Waals surface area (Å²) in [5.41, 5.74) is 0.385. The molecule has 9 heteroatoms. The smallest absolute Gasteiger partial charge is 0.331 e. The molecule has 1 atom stereocenters. The van der Waals surface area contributed by atoms with Crippen LogP contribution in [0.2, 0.25) is 0 Å². The van der Waals surface area contributed by atoms with Crippen LogP contribution in [0.3, 0.4) is 0 Å². The Morgan fingerprint density at radius 2 is 2.10 bits per heavy atom. The van der Waals surface area contributed by atoms with Crippen LogP contribution in [0.4, 0.5) is 10.6 Å². The zero-order valence-electron chi connectivity index (χ0n) is 10.9. The lowest BCUT2D eigenvalue weighted by Gasteiger charge is -2.12. The number of aromatic nitrogens is 4. The molecule has 2 heterocycles. The largest absolute Gasteiger partial charge is 0.479 e. The number of nitrogens with zero attached hydrogens (tertiary/aromatic N) is 4. The van der Waals surface area contributed by atoms with Crippen LogP contribution < -0.4 is 10.6 Å². The van der Waals surface area contributed by atoms with E-state index in [9.17, 15) is 9.59 Å². The number of rotatable bonds is 4. The molecule has 0 saturated carbocycles. The highest BCUT2D eigenvalue weighted by Crippen LogP contribution is 2.12. The van der Waals surface area contributed by atoms with Crippen molar-refractivity contribution in [2.45, 2.75) is 6.04 Å². The van der Waals surface area contributed by atoms with Crippen molar-refractivity contribution in [2.75, 3.05) is 5.32 Å². The van der Waals surface area contributed by atoms with Gasteiger partial charge in [-0.2, -0.15) is 10.2 Å². The summed E-state index contributed by atoms with van der Waals surface area (Å²) in [6.45, 7) is 0. The van der Waals surface area contributed by atoms with E-state index >= 15 is 0 Å². The van der Waals surface area contributed by atoms with Crippen LogP contribution in [-0.4, -0.2) is 36.7 Å². The third-order valence-electron chi connectivity index (χ3n) is 2.54. The predicted molar refractivity (Wildman–Crippen MR) is 68.9 cm³/mol. The molecule has 2 aromatic heterocycles. The molecule has 0 bridgehead atoms. The molecule has 2 amide bonds. The van der Waals surface area contributed by atoms with Gasteiger partial charge in [0.05, 0.1) is 6.20 Å². The molecule has 2 aromatic rings. The third-order valence-corrected chi connectivity index (χ3v) is 2.54. The highest BCUT2D eigenvalue weighted by atomic mass is 16.4. The second-order valence-corrected chi connectivity index (χ2v) is 4.19. The van der Waals surface area contributed by atoms with Crippen molar-refractivity contribution < 1.29 is 14.7 Å². The maximum Gasteiger partial charge on any atom is 0.331 e. The number of amides is 2. The first kappa shape index (κ1) is 13.6. The average Bonchev–Trinajstić information content (AvgIpc) is 2.95. The summed E-state index contributed by atoms with van der Waals surface area (Å²) in [5.74, 6) is -0.838. The van der Waals surface area contributed by atoms with Gasteiger partial charge in [-0.25, -0.2) is 9.59 Å². The van der Waals surface area contributed by atoms with Crippen molar-refractivity contribution in [3.05, 3.63) is 30.2 Å². The van der Waals surface area contributed by atoms with Crippen molar-refractivity contribution in [1.82, 2.24) is 24.9 Å². The number of aliphatic carboxylic acids is 1. The van der Waals surface area contributed by atoms with Crippen molar-refractivity contribution in [3.8, 4) is 0 Å². The number of anilines is 1. The highest BCUT2D eigenvalue weighted by molar-refractivity contribution is 5.91. The molecule has 20 heavy (non-hydrogen) atoms. The zero-order chi connectivity index (χ0) is 14.7. The van der Waals surface area contributed by atoms with E-state index in [-0.39, 0.29) is 0 Å². The average molecular weight is 278 g/mol. The fourth-order valence-corrected chi connectivity index (χ4v) is 1.64. The Morgan fingerprint density at radius 3 is 2.60 bits per heavy atom. The number of carboxylic acid groups (broad SMARTS) is 1. The number of aryl methyl sites for hydroxylation is 2. The number of hydrogen-bond acceptors (Lipinski definition) is 4. The Bertz CT molecular complexity index is 632. The lowest BCUT2D eigenvalue weighted by atomic mass is 10.1. The number of carboxylic acids is 1. The molecule has 0 spiro atoms. The fourth-order valence-electron chi connectivity index (χ4n) is 1.64. The molecule has 0 saturated heterocycles. The lowest BCUT2D eigenvalue weighted by molar-refractivity contribution is -0.139. The lowest BCUT2D eigenvalue weighted by Crippen LogP contribution is -2.36. The minimum absolute atomic E-state index is 0.334. The Hall–Kier alpha value is -2.84. The van der Waals surface area contributed by atoms with Gasteiger partial charge in [-0.05, 0) is 0 Å². The van der Waals surface area contributed by atoms with Gasteiger partial charge in [-0.1, -0.05) is 0 Å². The zero-order valence-corrected chi connectivity index (χ0v) is 10.9. The van der Waals surface area contributed by atoms with E-state index in [1.54, 1.807) is 26.4 Å². The van der Waals surface area contributed by atoms with Crippen LogP contribution in [0.1, 0.15) is 11.6 Å². The van der Waals surface area contributed by atoms with Crippen LogP contribution >= 0.6 is 0 Å². The molecular weight excluding hydrogens is 264 g/mol. The third kappa shape index (κ3) is 3.13. The van der Waals surface area contributed by atoms with E-state index in [0.29, 0.717) is 11.4 Å². The van der Waals surface area contributed by atoms with E-state index in [1.807, 2.05) is 0 Å². The minimum Gasteiger partial charge on any atom is -0.479 e. The van der Waals surface area contributed by atoms with Gasteiger partial charge in [-0.15, -0.1) is 0 Å². The molecule has 3 N–H and O–H groups in total. The first-order valence-electron chi connectivity index (χ1n) is 5.74. The summed E-state index contributed by atoms with van der Waals surface area (Å²) in [4.78, 5) is 23.0. The van der Waals surface area contributed by atoms with Crippen molar-refractivity contribution in [2.24, 2.45) is 14.1 Å². The first-order valence-corrected chi connectivity index (χ1v) is 5.74. The van der Waals surface area contributed by atoms with Gasteiger partial charge in [0.25, 0.3) is 0 Å². The Kier molecular flexibility index (Phi) is 3.69. The molecule has 2 rings (SSSR count). The molecule has 0 fully saturated rings. The minimum atomic E-state index is -1.17. The van der Waals surface area contributed by atoms with Crippen LogP contribution in [0.5, 0.6) is 0 Å². The summed E-state index contributed by atoms with van der Waals surface area (Å²) in [5, 5.41) is 21.8. The quantitative estimate of drug-likeness (QED) is 0.734. The Balaban J connectivity index is 2.05. The van der Waals surface area contributed by atoms with Crippen LogP contribution in [0.25, 0.3) is 0 Å². The van der Waals surface area contributed by atoms with E-state index in [2.05, 4.69) is 20.8 Å². The van der Waals surface area contributed by atoms with Gasteiger partial charge in [0.2, 0.25) is 0 Å². The van der Waals surface area contributed by atoms with Gasteiger partial charge in [-0.3, -0.25) is 14.7 Å². The van der Waals surface area contributed by atoms with Gasteiger partial charge >= 0.3 is 12.0 Å². The second kappa shape index (κ2) is 5.43. The topological polar surface area (TPSA) is 114 Å². The number of urea groups is 1. The maximum absolute atomic E-state index is 11.8. The van der Waals surface area contributed by atoms with Crippen molar-refractivity contribution in [1.29, 1.82) is 0 Å². The molecule has 0 aliphatic carbocycles. The van der Waals surface area contributed by atoms with Crippen LogP contribution in [-0.2, 0) is 18.9 Å². The van der Waals surface area contributed by atoms with Gasteiger partial charge < -0.3 is 10.4 Å². The normalized spacial score (nSPS) is 11.9. The summed E-state index contributed by atoms with van der Waals surface area (Å²) >= 11 is 0. The molecular formula is C11H14N6O3. The predicted octanol–water partition coefficient (Wildman–Crippen LogP) is 0.101. The van der Waals surface area contributed by atoms with Crippen LogP contribution in [0.15, 0.2) is 24.7 Å². The van der Waals surface area contributed by atoms with Crippen molar-refractivity contribution in [3.63, 3.8) is 0 Å². The number of nitrogens with one attached hydrogen (secondary N) is 2. The molecule has 1 unspecified atom stereocenters. The van der Waals surface area contributed by atoms with Crippen molar-refractivity contribution >= 4 is 17.8 Å². The Labute approximate surface area is 114 Å². The molecule has 0 radical (unpaired) electrons. The molecule has 0 aliphatic heterocycles. The number of carbonyl (C=O) groups is 2. The molecule has 106 valence electrons. The molecule has 0 aromatic carbocycles. The summed E-state index contributed by atoms with van der Waals surface area (Å²) in [6.07, 6.45) is 4.57. The first-order chi connectivity index (χ1) is 9.45. The molecule has 0 aliphatic rings. The van der Waals surface area contributed by atoms with E-state index in [0.717, 1.165) is 0 Å². The van der Waals surface area contributed by atoms with Gasteiger partial charge in [0.1, 0.15) is 0 Å².